The van der Waals surface area contributed by atoms with Gasteiger partial charge in [-0.1, -0.05) is 23.7 Å². The maximum absolute atomic E-state index is 5.91. The smallest absolute Gasteiger partial charge is 0.111 e. The fourth-order valence-corrected chi connectivity index (χ4v) is 2.19. The zero-order valence-corrected chi connectivity index (χ0v) is 10.1. The highest BCUT2D eigenvalue weighted by Gasteiger charge is 2.07. The first kappa shape index (κ1) is 10.4. The molecule has 3 rings (SSSR count). The molecule has 2 aromatic carbocycles. The van der Waals surface area contributed by atoms with Crippen molar-refractivity contribution in [3.63, 3.8) is 0 Å². The molecule has 0 bridgehead atoms. The minimum absolute atomic E-state index is 0.746. The van der Waals surface area contributed by atoms with Gasteiger partial charge in [-0.15, -0.1) is 0 Å². The molecule has 17 heavy (non-hydrogen) atoms. The van der Waals surface area contributed by atoms with Crippen LogP contribution in [0.3, 0.4) is 0 Å². The Morgan fingerprint density at radius 2 is 1.71 bits per heavy atom. The standard InChI is InChI=1S/C14H11ClN2/c1-10-16-13-4-2-3-5-14(13)17(10)12-8-6-11(15)7-9-12/h2-9H,1H3. The van der Waals surface area contributed by atoms with Crippen LogP contribution < -0.4 is 0 Å². The van der Waals surface area contributed by atoms with Crippen LogP contribution in [0.15, 0.2) is 48.5 Å². The zero-order valence-electron chi connectivity index (χ0n) is 9.39. The molecule has 3 aromatic rings. The predicted octanol–water partition coefficient (Wildman–Crippen LogP) is 3.99. The molecule has 0 N–H and O–H groups in total. The molecule has 0 aliphatic carbocycles. The van der Waals surface area contributed by atoms with E-state index in [4.69, 9.17) is 11.6 Å². The van der Waals surface area contributed by atoms with Crippen LogP contribution in [-0.2, 0) is 0 Å². The molecule has 3 heteroatoms. The summed E-state index contributed by atoms with van der Waals surface area (Å²) in [5, 5.41) is 0.746. The Morgan fingerprint density at radius 1 is 1.00 bits per heavy atom. The van der Waals surface area contributed by atoms with E-state index in [-0.39, 0.29) is 0 Å². The second-order valence-corrected chi connectivity index (χ2v) is 4.40. The molecule has 0 spiro atoms. The number of nitrogens with zero attached hydrogens (tertiary/aromatic N) is 2. The summed E-state index contributed by atoms with van der Waals surface area (Å²) >= 11 is 5.91. The van der Waals surface area contributed by atoms with Crippen LogP contribution in [0.2, 0.25) is 5.02 Å². The summed E-state index contributed by atoms with van der Waals surface area (Å²) in [5.74, 6) is 0.980. The van der Waals surface area contributed by atoms with E-state index in [0.717, 1.165) is 27.6 Å². The van der Waals surface area contributed by atoms with Crippen molar-refractivity contribution in [1.82, 2.24) is 9.55 Å². The van der Waals surface area contributed by atoms with Crippen molar-refractivity contribution in [3.05, 3.63) is 59.4 Å². The molecule has 0 fully saturated rings. The second-order valence-electron chi connectivity index (χ2n) is 3.96. The van der Waals surface area contributed by atoms with Crippen molar-refractivity contribution in [1.29, 1.82) is 0 Å². The molecule has 2 nitrogen and oxygen atoms in total. The molecule has 1 aromatic heterocycles. The van der Waals surface area contributed by atoms with Gasteiger partial charge in [0.15, 0.2) is 0 Å². The number of imidazole rings is 1. The molecule has 0 aliphatic rings. The number of benzene rings is 2. The highest BCUT2D eigenvalue weighted by molar-refractivity contribution is 6.30. The van der Waals surface area contributed by atoms with E-state index in [1.807, 2.05) is 49.4 Å². The first-order chi connectivity index (χ1) is 8.25. The van der Waals surface area contributed by atoms with Gasteiger partial charge >= 0.3 is 0 Å². The number of para-hydroxylation sites is 2. The quantitative estimate of drug-likeness (QED) is 0.631. The second kappa shape index (κ2) is 3.90. The number of aryl methyl sites for hydroxylation is 1. The van der Waals surface area contributed by atoms with Gasteiger partial charge in [0.1, 0.15) is 5.82 Å². The van der Waals surface area contributed by atoms with E-state index >= 15 is 0 Å². The van der Waals surface area contributed by atoms with E-state index in [9.17, 15) is 0 Å². The third-order valence-electron chi connectivity index (χ3n) is 2.81. The Balaban J connectivity index is 2.29. The number of halogens is 1. The van der Waals surface area contributed by atoms with Crippen molar-refractivity contribution < 1.29 is 0 Å². The van der Waals surface area contributed by atoms with E-state index in [1.165, 1.54) is 0 Å². The number of hydrogen-bond donors (Lipinski definition) is 0. The average Bonchev–Trinajstić information content (AvgIpc) is 2.66. The number of aromatic nitrogens is 2. The predicted molar refractivity (Wildman–Crippen MR) is 70.8 cm³/mol. The number of rotatable bonds is 1. The van der Waals surface area contributed by atoms with Crippen molar-refractivity contribution in [2.75, 3.05) is 0 Å². The van der Waals surface area contributed by atoms with Crippen LogP contribution in [0.4, 0.5) is 0 Å². The van der Waals surface area contributed by atoms with Crippen molar-refractivity contribution in [2.24, 2.45) is 0 Å². The normalized spacial score (nSPS) is 10.9. The highest BCUT2D eigenvalue weighted by atomic mass is 35.5. The summed E-state index contributed by atoms with van der Waals surface area (Å²) in [6.07, 6.45) is 0. The van der Waals surface area contributed by atoms with Crippen molar-refractivity contribution in [3.8, 4) is 5.69 Å². The number of fused-ring (bicyclic) bond motifs is 1. The van der Waals surface area contributed by atoms with Crippen LogP contribution in [-0.4, -0.2) is 9.55 Å². The Hall–Kier alpha value is -1.80. The molecule has 0 amide bonds. The summed E-state index contributed by atoms with van der Waals surface area (Å²) < 4.78 is 2.13. The monoisotopic (exact) mass is 242 g/mol. The Labute approximate surface area is 104 Å². The Morgan fingerprint density at radius 3 is 2.47 bits per heavy atom. The fourth-order valence-electron chi connectivity index (χ4n) is 2.06. The molecule has 0 atom stereocenters. The molecule has 0 aliphatic heterocycles. The van der Waals surface area contributed by atoms with E-state index in [1.54, 1.807) is 0 Å². The topological polar surface area (TPSA) is 17.8 Å². The highest BCUT2D eigenvalue weighted by Crippen LogP contribution is 2.22. The summed E-state index contributed by atoms with van der Waals surface area (Å²) in [6, 6.07) is 15.9. The first-order valence-corrected chi connectivity index (χ1v) is 5.83. The minimum atomic E-state index is 0.746. The summed E-state index contributed by atoms with van der Waals surface area (Å²) in [4.78, 5) is 4.54. The molecular formula is C14H11ClN2. The molecule has 0 radical (unpaired) electrons. The average molecular weight is 243 g/mol. The van der Waals surface area contributed by atoms with Gasteiger partial charge in [-0.2, -0.15) is 0 Å². The van der Waals surface area contributed by atoms with Crippen molar-refractivity contribution in [2.45, 2.75) is 6.92 Å². The third-order valence-corrected chi connectivity index (χ3v) is 3.07. The minimum Gasteiger partial charge on any atom is -0.297 e. The van der Waals surface area contributed by atoms with E-state index < -0.39 is 0 Å². The summed E-state index contributed by atoms with van der Waals surface area (Å²) in [6.45, 7) is 2.01. The van der Waals surface area contributed by atoms with Crippen LogP contribution in [0, 0.1) is 6.92 Å². The lowest BCUT2D eigenvalue weighted by Gasteiger charge is -2.06. The number of hydrogen-bond acceptors (Lipinski definition) is 1. The van der Waals surface area contributed by atoms with Crippen molar-refractivity contribution >= 4 is 22.6 Å². The summed E-state index contributed by atoms with van der Waals surface area (Å²) in [7, 11) is 0. The largest absolute Gasteiger partial charge is 0.297 e. The van der Waals surface area contributed by atoms with Gasteiger partial charge in [0, 0.05) is 10.7 Å². The lowest BCUT2D eigenvalue weighted by Crippen LogP contribution is -1.96. The van der Waals surface area contributed by atoms with Crippen LogP contribution in [0.25, 0.3) is 16.7 Å². The SMILES string of the molecule is Cc1nc2ccccc2n1-c1ccc(Cl)cc1. The van der Waals surface area contributed by atoms with Crippen LogP contribution >= 0.6 is 11.6 Å². The van der Waals surface area contributed by atoms with E-state index in [2.05, 4.69) is 15.6 Å². The van der Waals surface area contributed by atoms with Gasteiger partial charge in [0.25, 0.3) is 0 Å². The lowest BCUT2D eigenvalue weighted by molar-refractivity contribution is 1.00. The van der Waals surface area contributed by atoms with Crippen LogP contribution in [0.5, 0.6) is 0 Å². The van der Waals surface area contributed by atoms with Gasteiger partial charge in [-0.05, 0) is 43.3 Å². The third kappa shape index (κ3) is 1.71. The molecule has 0 unspecified atom stereocenters. The van der Waals surface area contributed by atoms with Gasteiger partial charge in [-0.25, -0.2) is 4.98 Å². The molecule has 1 heterocycles. The molecule has 0 saturated carbocycles. The van der Waals surface area contributed by atoms with E-state index in [0.29, 0.717) is 0 Å². The lowest BCUT2D eigenvalue weighted by atomic mass is 10.3. The maximum atomic E-state index is 5.91. The van der Waals surface area contributed by atoms with Gasteiger partial charge in [0.05, 0.1) is 11.0 Å². The molecule has 0 saturated heterocycles. The molecular weight excluding hydrogens is 232 g/mol. The maximum Gasteiger partial charge on any atom is 0.111 e. The van der Waals surface area contributed by atoms with Gasteiger partial charge in [0.2, 0.25) is 0 Å². The Bertz CT molecular complexity index is 668. The molecule has 84 valence electrons. The fraction of sp³-hybridized carbons (Fsp3) is 0.0714. The van der Waals surface area contributed by atoms with Gasteiger partial charge < -0.3 is 0 Å². The summed E-state index contributed by atoms with van der Waals surface area (Å²) in [5.41, 5.74) is 3.22. The zero-order chi connectivity index (χ0) is 11.8. The van der Waals surface area contributed by atoms with Crippen LogP contribution in [0.1, 0.15) is 5.82 Å². The Kier molecular flexibility index (Phi) is 2.37. The van der Waals surface area contributed by atoms with Gasteiger partial charge in [-0.3, -0.25) is 4.57 Å². The first-order valence-electron chi connectivity index (χ1n) is 5.46.